The fourth-order valence-electron chi connectivity index (χ4n) is 3.71. The molecule has 0 radical (unpaired) electrons. The van der Waals surface area contributed by atoms with E-state index in [1.54, 1.807) is 24.3 Å². The van der Waals surface area contributed by atoms with Crippen molar-refractivity contribution in [2.45, 2.75) is 25.9 Å². The van der Waals surface area contributed by atoms with Crippen molar-refractivity contribution in [2.24, 2.45) is 0 Å². The maximum Gasteiger partial charge on any atom is 0.427 e. The number of alkyl halides is 2. The van der Waals surface area contributed by atoms with E-state index < -0.39 is 57.7 Å². The Morgan fingerprint density at radius 2 is 1.34 bits per heavy atom. The third-order valence-electron chi connectivity index (χ3n) is 5.45. The van der Waals surface area contributed by atoms with Gasteiger partial charge in [-0.3, -0.25) is 0 Å². The number of hydrogen-bond acceptors (Lipinski definition) is 1. The molecule has 4 aromatic carbocycles. The van der Waals surface area contributed by atoms with Crippen LogP contribution >= 0.6 is 0 Å². The molecule has 1 nitrogen and oxygen atoms in total. The lowest BCUT2D eigenvalue weighted by Crippen LogP contribution is -2.23. The first-order valence-corrected chi connectivity index (χ1v) is 10.4. The summed E-state index contributed by atoms with van der Waals surface area (Å²) >= 11 is 0. The molecule has 0 aromatic heterocycles. The smallest absolute Gasteiger partial charge is 0.426 e. The highest BCUT2D eigenvalue weighted by atomic mass is 19.3. The van der Waals surface area contributed by atoms with Gasteiger partial charge in [0.1, 0.15) is 5.82 Å². The summed E-state index contributed by atoms with van der Waals surface area (Å²) in [7, 11) is 0. The highest BCUT2D eigenvalue weighted by Gasteiger charge is 2.38. The van der Waals surface area contributed by atoms with Gasteiger partial charge in [-0.1, -0.05) is 49.7 Å². The van der Waals surface area contributed by atoms with Crippen molar-refractivity contribution >= 4 is 10.8 Å². The molecule has 182 valence electrons. The van der Waals surface area contributed by atoms with Crippen LogP contribution < -0.4 is 4.74 Å². The largest absolute Gasteiger partial charge is 0.427 e. The van der Waals surface area contributed by atoms with Gasteiger partial charge in [0.05, 0.1) is 10.9 Å². The van der Waals surface area contributed by atoms with E-state index in [9.17, 15) is 30.7 Å². The Morgan fingerprint density at radius 1 is 0.714 bits per heavy atom. The van der Waals surface area contributed by atoms with Crippen molar-refractivity contribution in [3.8, 4) is 16.9 Å². The number of rotatable bonds is 6. The normalized spacial score (nSPS) is 11.8. The summed E-state index contributed by atoms with van der Waals surface area (Å²) in [6, 6.07) is 9.84. The number of halogens is 8. The first-order valence-electron chi connectivity index (χ1n) is 10.4. The van der Waals surface area contributed by atoms with Crippen molar-refractivity contribution in [1.82, 2.24) is 0 Å². The zero-order valence-electron chi connectivity index (χ0n) is 18.0. The Labute approximate surface area is 194 Å². The van der Waals surface area contributed by atoms with Crippen LogP contribution in [0, 0.1) is 34.9 Å². The topological polar surface area (TPSA) is 9.23 Å². The zero-order valence-corrected chi connectivity index (χ0v) is 18.0. The minimum atomic E-state index is -4.57. The molecular weight excluding hydrogens is 480 g/mol. The van der Waals surface area contributed by atoms with Crippen molar-refractivity contribution in [1.29, 1.82) is 0 Å². The lowest BCUT2D eigenvalue weighted by atomic mass is 9.98. The minimum Gasteiger partial charge on any atom is -0.426 e. The van der Waals surface area contributed by atoms with Crippen LogP contribution in [-0.4, -0.2) is 0 Å². The molecule has 0 fully saturated rings. The molecule has 0 aliphatic carbocycles. The van der Waals surface area contributed by atoms with Crippen LogP contribution in [0.3, 0.4) is 0 Å². The fourth-order valence-corrected chi connectivity index (χ4v) is 3.71. The maximum absolute atomic E-state index is 15.2. The SMILES string of the molecule is CCCc1ccc(-c2ccc3cc(OC(F)(F)c4cc(F)c(F)c(F)c4)c(F)c(F)c3c2F)cc1. The molecule has 0 aliphatic heterocycles. The third-order valence-corrected chi connectivity index (χ3v) is 5.45. The van der Waals surface area contributed by atoms with Gasteiger partial charge in [-0.15, -0.1) is 0 Å². The highest BCUT2D eigenvalue weighted by molar-refractivity contribution is 5.90. The molecule has 0 amide bonds. The summed E-state index contributed by atoms with van der Waals surface area (Å²) in [5, 5.41) is -1.08. The molecule has 0 N–H and O–H groups in total. The first kappa shape index (κ1) is 24.5. The van der Waals surface area contributed by atoms with Crippen LogP contribution in [0.15, 0.2) is 54.6 Å². The molecule has 0 aliphatic rings. The van der Waals surface area contributed by atoms with Gasteiger partial charge >= 0.3 is 6.11 Å². The Morgan fingerprint density at radius 3 is 1.94 bits per heavy atom. The van der Waals surface area contributed by atoms with E-state index in [0.717, 1.165) is 18.4 Å². The van der Waals surface area contributed by atoms with Crippen molar-refractivity contribution in [2.75, 3.05) is 0 Å². The molecule has 0 saturated carbocycles. The summed E-state index contributed by atoms with van der Waals surface area (Å²) in [4.78, 5) is 0. The quantitative estimate of drug-likeness (QED) is 0.192. The third kappa shape index (κ3) is 4.54. The van der Waals surface area contributed by atoms with Gasteiger partial charge in [0.15, 0.2) is 29.0 Å². The van der Waals surface area contributed by atoms with Crippen molar-refractivity contribution < 1.29 is 39.9 Å². The summed E-state index contributed by atoms with van der Waals surface area (Å²) in [6.45, 7) is 2.00. The molecule has 0 spiro atoms. The maximum atomic E-state index is 15.2. The van der Waals surface area contributed by atoms with Gasteiger partial charge in [0.2, 0.25) is 5.82 Å². The van der Waals surface area contributed by atoms with E-state index >= 15 is 4.39 Å². The number of ether oxygens (including phenoxy) is 1. The van der Waals surface area contributed by atoms with Gasteiger partial charge < -0.3 is 4.74 Å². The van der Waals surface area contributed by atoms with Crippen LogP contribution in [0.5, 0.6) is 5.75 Å². The van der Waals surface area contributed by atoms with Crippen LogP contribution in [0.25, 0.3) is 21.9 Å². The molecule has 4 rings (SSSR count). The second-order valence-electron chi connectivity index (χ2n) is 7.85. The Balaban J connectivity index is 1.75. The second-order valence-corrected chi connectivity index (χ2v) is 7.85. The van der Waals surface area contributed by atoms with E-state index in [4.69, 9.17) is 0 Å². The molecule has 35 heavy (non-hydrogen) atoms. The van der Waals surface area contributed by atoms with E-state index in [-0.39, 0.29) is 23.1 Å². The van der Waals surface area contributed by atoms with Crippen molar-refractivity contribution in [3.63, 3.8) is 0 Å². The van der Waals surface area contributed by atoms with E-state index in [2.05, 4.69) is 4.74 Å². The predicted molar refractivity (Wildman–Crippen MR) is 114 cm³/mol. The lowest BCUT2D eigenvalue weighted by Gasteiger charge is -2.20. The Kier molecular flexibility index (Phi) is 6.44. The molecular formula is C26H16F8O. The minimum absolute atomic E-state index is 0.0323. The number of benzene rings is 4. The second kappa shape index (κ2) is 9.20. The van der Waals surface area contributed by atoms with Crippen molar-refractivity contribution in [3.05, 3.63) is 101 Å². The van der Waals surface area contributed by atoms with E-state index in [1.807, 2.05) is 6.92 Å². The van der Waals surface area contributed by atoms with E-state index in [1.165, 1.54) is 12.1 Å². The van der Waals surface area contributed by atoms with E-state index in [0.29, 0.717) is 11.6 Å². The summed E-state index contributed by atoms with van der Waals surface area (Å²) < 4.78 is 118. The number of hydrogen-bond donors (Lipinski definition) is 0. The van der Waals surface area contributed by atoms with Gasteiger partial charge in [-0.2, -0.15) is 13.2 Å². The summed E-state index contributed by atoms with van der Waals surface area (Å²) in [5.41, 5.74) is -0.0912. The summed E-state index contributed by atoms with van der Waals surface area (Å²) in [6.07, 6.45) is -2.86. The van der Waals surface area contributed by atoms with Gasteiger partial charge in [0.25, 0.3) is 0 Å². The van der Waals surface area contributed by atoms with Gasteiger partial charge in [-0.25, -0.2) is 22.0 Å². The molecule has 0 unspecified atom stereocenters. The van der Waals surface area contributed by atoms with Crippen LogP contribution in [0.1, 0.15) is 24.5 Å². The Bertz CT molecular complexity index is 1390. The fraction of sp³-hybridized carbons (Fsp3) is 0.154. The lowest BCUT2D eigenvalue weighted by molar-refractivity contribution is -0.187. The highest BCUT2D eigenvalue weighted by Crippen LogP contribution is 2.39. The van der Waals surface area contributed by atoms with Crippen LogP contribution in [-0.2, 0) is 12.5 Å². The first-order chi connectivity index (χ1) is 16.5. The monoisotopic (exact) mass is 496 g/mol. The average molecular weight is 496 g/mol. The average Bonchev–Trinajstić information content (AvgIpc) is 2.81. The van der Waals surface area contributed by atoms with Gasteiger partial charge in [-0.05, 0) is 41.1 Å². The molecule has 0 bridgehead atoms. The summed E-state index contributed by atoms with van der Waals surface area (Å²) in [5.74, 6) is -12.0. The Hall–Kier alpha value is -3.62. The predicted octanol–water partition coefficient (Wildman–Crippen LogP) is 8.42. The molecule has 9 heteroatoms. The standard InChI is InChI=1S/C26H16F8O/c1-2-3-13-4-6-14(7-5-13)17-9-8-15-10-20(24(31)25(32)21(15)22(17)29)35-26(33,34)16-11-18(27)23(30)19(28)12-16/h4-12H,2-3H2,1H3. The number of fused-ring (bicyclic) bond motifs is 1. The molecule has 0 heterocycles. The van der Waals surface area contributed by atoms with Crippen LogP contribution in [0.2, 0.25) is 0 Å². The molecule has 4 aromatic rings. The van der Waals surface area contributed by atoms with Gasteiger partial charge in [0, 0.05) is 5.56 Å². The van der Waals surface area contributed by atoms with Crippen LogP contribution in [0.4, 0.5) is 35.1 Å². The zero-order chi connectivity index (χ0) is 25.5. The molecule has 0 atom stereocenters. The number of aryl methyl sites for hydroxylation is 1. The molecule has 0 saturated heterocycles.